The number of rotatable bonds is 1. The van der Waals surface area contributed by atoms with E-state index in [2.05, 4.69) is 15.3 Å². The van der Waals surface area contributed by atoms with Crippen LogP contribution in [0.15, 0.2) is 24.5 Å². The number of urea groups is 1. The number of aromatic nitrogens is 2. The zero-order valence-corrected chi connectivity index (χ0v) is 13.8. The first-order valence-electron chi connectivity index (χ1n) is 7.86. The number of halogens is 2. The fourth-order valence-corrected chi connectivity index (χ4v) is 3.88. The molecule has 0 radical (unpaired) electrons. The van der Waals surface area contributed by atoms with Gasteiger partial charge in [0, 0.05) is 30.1 Å². The van der Waals surface area contributed by atoms with Gasteiger partial charge < -0.3 is 4.90 Å². The Bertz CT molecular complexity index is 912. The molecule has 1 fully saturated rings. The standard InChI is InChI=1S/C17H13ClFN5O/c18-13-6-15(22-8-9(13)7-20)23-17(25)24-10-1-2-14(24)11-3-4-21-16(19)12(11)5-10/h3-4,6,8,10,14H,1-2,5H2,(H,22,23,25)/t10-,14+/m0/s1. The van der Waals surface area contributed by atoms with Crippen LogP contribution in [0.3, 0.4) is 0 Å². The molecular weight excluding hydrogens is 345 g/mol. The highest BCUT2D eigenvalue weighted by Crippen LogP contribution is 2.44. The predicted octanol–water partition coefficient (Wildman–Crippen LogP) is 3.43. The van der Waals surface area contributed by atoms with Gasteiger partial charge in [-0.3, -0.25) is 5.32 Å². The van der Waals surface area contributed by atoms with Crippen molar-refractivity contribution in [3.63, 3.8) is 0 Å². The van der Waals surface area contributed by atoms with E-state index in [1.165, 1.54) is 18.5 Å². The number of pyridine rings is 2. The number of nitrogens with one attached hydrogen (secondary N) is 1. The molecule has 8 heteroatoms. The molecule has 2 atom stereocenters. The van der Waals surface area contributed by atoms with Gasteiger partial charge in [0.1, 0.15) is 11.9 Å². The molecule has 2 bridgehead atoms. The number of nitrogens with zero attached hydrogens (tertiary/aromatic N) is 4. The summed E-state index contributed by atoms with van der Waals surface area (Å²) in [5.74, 6) is -0.171. The predicted molar refractivity (Wildman–Crippen MR) is 88.5 cm³/mol. The molecular formula is C17H13ClFN5O. The number of nitriles is 1. The van der Waals surface area contributed by atoms with Gasteiger partial charge in [-0.05, 0) is 30.9 Å². The van der Waals surface area contributed by atoms with Crippen LogP contribution in [-0.4, -0.2) is 26.9 Å². The van der Waals surface area contributed by atoms with Gasteiger partial charge in [-0.25, -0.2) is 14.8 Å². The Morgan fingerprint density at radius 2 is 2.28 bits per heavy atom. The average Bonchev–Trinajstić information content (AvgIpc) is 2.91. The second-order valence-electron chi connectivity index (χ2n) is 6.12. The summed E-state index contributed by atoms with van der Waals surface area (Å²) in [6.07, 6.45) is 4.81. The maximum Gasteiger partial charge on any atom is 0.323 e. The zero-order valence-electron chi connectivity index (χ0n) is 13.0. The molecule has 2 aliphatic heterocycles. The lowest BCUT2D eigenvalue weighted by Gasteiger charge is -2.36. The van der Waals surface area contributed by atoms with Gasteiger partial charge in [0.2, 0.25) is 5.95 Å². The summed E-state index contributed by atoms with van der Waals surface area (Å²) in [5, 5.41) is 11.8. The van der Waals surface area contributed by atoms with E-state index in [0.717, 1.165) is 18.4 Å². The summed E-state index contributed by atoms with van der Waals surface area (Å²) >= 11 is 5.98. The molecule has 0 saturated carbocycles. The lowest BCUT2D eigenvalue weighted by atomic mass is 9.95. The second kappa shape index (κ2) is 5.97. The van der Waals surface area contributed by atoms with Crippen molar-refractivity contribution in [2.24, 2.45) is 0 Å². The minimum atomic E-state index is -0.449. The van der Waals surface area contributed by atoms with Crippen molar-refractivity contribution in [2.75, 3.05) is 5.32 Å². The Morgan fingerprint density at radius 3 is 3.04 bits per heavy atom. The van der Waals surface area contributed by atoms with E-state index in [9.17, 15) is 9.18 Å². The van der Waals surface area contributed by atoms with E-state index in [1.807, 2.05) is 6.07 Å². The van der Waals surface area contributed by atoms with Crippen molar-refractivity contribution in [3.05, 3.63) is 52.2 Å². The number of amides is 2. The first-order valence-corrected chi connectivity index (χ1v) is 8.24. The van der Waals surface area contributed by atoms with E-state index in [0.29, 0.717) is 12.0 Å². The molecule has 0 spiro atoms. The van der Waals surface area contributed by atoms with Crippen LogP contribution in [0.5, 0.6) is 0 Å². The van der Waals surface area contributed by atoms with E-state index in [4.69, 9.17) is 16.9 Å². The lowest BCUT2D eigenvalue weighted by Crippen LogP contribution is -2.44. The molecule has 6 nitrogen and oxygen atoms in total. The van der Waals surface area contributed by atoms with Crippen LogP contribution >= 0.6 is 11.6 Å². The molecule has 1 saturated heterocycles. The van der Waals surface area contributed by atoms with Crippen LogP contribution in [-0.2, 0) is 6.42 Å². The van der Waals surface area contributed by atoms with Crippen molar-refractivity contribution in [1.29, 1.82) is 5.26 Å². The second-order valence-corrected chi connectivity index (χ2v) is 6.53. The van der Waals surface area contributed by atoms with Crippen LogP contribution < -0.4 is 5.32 Å². The van der Waals surface area contributed by atoms with E-state index in [-0.39, 0.29) is 34.5 Å². The van der Waals surface area contributed by atoms with Gasteiger partial charge >= 0.3 is 6.03 Å². The molecule has 2 aromatic rings. The van der Waals surface area contributed by atoms with Gasteiger partial charge in [0.05, 0.1) is 16.6 Å². The molecule has 2 amide bonds. The van der Waals surface area contributed by atoms with Gasteiger partial charge in [-0.1, -0.05) is 11.6 Å². The number of hydrogen-bond acceptors (Lipinski definition) is 4. The molecule has 1 N–H and O–H groups in total. The SMILES string of the molecule is N#Cc1cnc(NC(=O)N2[C@H]3CC[C@@H]2c2ccnc(F)c2C3)cc1Cl. The third kappa shape index (κ3) is 2.59. The summed E-state index contributed by atoms with van der Waals surface area (Å²) in [7, 11) is 0. The van der Waals surface area contributed by atoms with Gasteiger partial charge in [-0.15, -0.1) is 0 Å². The molecule has 2 aliphatic rings. The van der Waals surface area contributed by atoms with Crippen molar-refractivity contribution in [3.8, 4) is 6.07 Å². The first kappa shape index (κ1) is 15.8. The molecule has 4 heterocycles. The van der Waals surface area contributed by atoms with Crippen molar-refractivity contribution in [2.45, 2.75) is 31.3 Å². The summed E-state index contributed by atoms with van der Waals surface area (Å²) in [6.45, 7) is 0. The molecule has 2 aromatic heterocycles. The van der Waals surface area contributed by atoms with Gasteiger partial charge in [-0.2, -0.15) is 9.65 Å². The molecule has 4 rings (SSSR count). The van der Waals surface area contributed by atoms with Crippen molar-refractivity contribution < 1.29 is 9.18 Å². The van der Waals surface area contributed by atoms with Crippen molar-refractivity contribution in [1.82, 2.24) is 14.9 Å². The summed E-state index contributed by atoms with van der Waals surface area (Å²) in [4.78, 5) is 22.2. The van der Waals surface area contributed by atoms with Crippen molar-refractivity contribution >= 4 is 23.4 Å². The van der Waals surface area contributed by atoms with E-state index >= 15 is 0 Å². The van der Waals surface area contributed by atoms with E-state index in [1.54, 1.807) is 11.0 Å². The number of carbonyl (C=O) groups excluding carboxylic acids is 1. The average molecular weight is 358 g/mol. The van der Waals surface area contributed by atoms with Crippen LogP contribution in [0.1, 0.15) is 35.6 Å². The van der Waals surface area contributed by atoms with E-state index < -0.39 is 5.95 Å². The first-order chi connectivity index (χ1) is 12.1. The fourth-order valence-electron chi connectivity index (χ4n) is 3.68. The third-order valence-electron chi connectivity index (χ3n) is 4.78. The van der Waals surface area contributed by atoms with Crippen LogP contribution in [0, 0.1) is 17.3 Å². The van der Waals surface area contributed by atoms with Crippen LogP contribution in [0.25, 0.3) is 0 Å². The minimum absolute atomic E-state index is 0.0648. The summed E-state index contributed by atoms with van der Waals surface area (Å²) in [5.41, 5.74) is 1.68. The zero-order chi connectivity index (χ0) is 17.6. The lowest BCUT2D eigenvalue weighted by molar-refractivity contribution is 0.178. The fraction of sp³-hybridized carbons (Fsp3) is 0.294. The molecule has 0 unspecified atom stereocenters. The molecule has 25 heavy (non-hydrogen) atoms. The highest BCUT2D eigenvalue weighted by Gasteiger charge is 2.43. The monoisotopic (exact) mass is 357 g/mol. The number of hydrogen-bond donors (Lipinski definition) is 1. The third-order valence-corrected chi connectivity index (χ3v) is 5.10. The minimum Gasteiger partial charge on any atom is -0.314 e. The van der Waals surface area contributed by atoms with Crippen LogP contribution in [0.2, 0.25) is 5.02 Å². The van der Waals surface area contributed by atoms with Crippen LogP contribution in [0.4, 0.5) is 15.0 Å². The number of anilines is 1. The number of fused-ring (bicyclic) bond motifs is 4. The Hall–Kier alpha value is -2.72. The summed E-state index contributed by atoms with van der Waals surface area (Å²) < 4.78 is 14.0. The van der Waals surface area contributed by atoms with Gasteiger partial charge in [0.15, 0.2) is 0 Å². The highest BCUT2D eigenvalue weighted by atomic mass is 35.5. The highest BCUT2D eigenvalue weighted by molar-refractivity contribution is 6.32. The Morgan fingerprint density at radius 1 is 1.44 bits per heavy atom. The Labute approximate surface area is 148 Å². The quantitative estimate of drug-likeness (QED) is 0.793. The maximum atomic E-state index is 14.0. The molecule has 126 valence electrons. The molecule has 0 aromatic carbocycles. The normalized spacial score (nSPS) is 20.8. The Balaban J connectivity index is 1.60. The maximum absolute atomic E-state index is 14.0. The topological polar surface area (TPSA) is 81.9 Å². The van der Waals surface area contributed by atoms with Gasteiger partial charge in [0.25, 0.3) is 0 Å². The molecule has 0 aliphatic carbocycles. The largest absolute Gasteiger partial charge is 0.323 e. The number of carbonyl (C=O) groups is 1. The Kier molecular flexibility index (Phi) is 3.77. The summed E-state index contributed by atoms with van der Waals surface area (Å²) in [6, 6.07) is 4.61. The smallest absolute Gasteiger partial charge is 0.314 e.